The molecule has 1 saturated heterocycles. The van der Waals surface area contributed by atoms with Gasteiger partial charge in [0.2, 0.25) is 11.8 Å². The van der Waals surface area contributed by atoms with Crippen molar-refractivity contribution in [2.45, 2.75) is 26.8 Å². The van der Waals surface area contributed by atoms with Crippen molar-refractivity contribution in [3.63, 3.8) is 0 Å². The molecule has 0 aliphatic carbocycles. The van der Waals surface area contributed by atoms with Gasteiger partial charge in [0, 0.05) is 33.1 Å². The van der Waals surface area contributed by atoms with Gasteiger partial charge in [0.25, 0.3) is 0 Å². The first-order valence-electron chi connectivity index (χ1n) is 6.16. The largest absolute Gasteiger partial charge is 0.344 e. The van der Waals surface area contributed by atoms with E-state index >= 15 is 0 Å². The number of nitrogens with one attached hydrogen (secondary N) is 1. The number of amides is 2. The number of rotatable bonds is 3. The Balaban J connectivity index is 2.61. The summed E-state index contributed by atoms with van der Waals surface area (Å²) < 4.78 is 0. The van der Waals surface area contributed by atoms with Crippen molar-refractivity contribution in [2.24, 2.45) is 5.92 Å². The number of carbonyl (C=O) groups is 2. The normalized spacial score (nSPS) is 19.2. The van der Waals surface area contributed by atoms with E-state index in [-0.39, 0.29) is 17.7 Å². The second-order valence-electron chi connectivity index (χ2n) is 5.05. The third-order valence-electron chi connectivity index (χ3n) is 3.11. The predicted octanol–water partition coefficient (Wildman–Crippen LogP) is -0.0789. The minimum atomic E-state index is -0.393. The maximum absolute atomic E-state index is 12.3. The van der Waals surface area contributed by atoms with Gasteiger partial charge >= 0.3 is 0 Å². The third-order valence-corrected chi connectivity index (χ3v) is 3.11. The zero-order valence-electron chi connectivity index (χ0n) is 11.2. The minimum Gasteiger partial charge on any atom is -0.344 e. The molecule has 98 valence electrons. The molecule has 1 rings (SSSR count). The van der Waals surface area contributed by atoms with Crippen molar-refractivity contribution < 1.29 is 9.59 Å². The van der Waals surface area contributed by atoms with Gasteiger partial charge in [-0.3, -0.25) is 9.59 Å². The van der Waals surface area contributed by atoms with Crippen LogP contribution in [0.15, 0.2) is 0 Å². The van der Waals surface area contributed by atoms with Crippen LogP contribution in [0.1, 0.15) is 20.8 Å². The van der Waals surface area contributed by atoms with Gasteiger partial charge in [0.05, 0.1) is 0 Å². The van der Waals surface area contributed by atoms with Crippen molar-refractivity contribution in [1.82, 2.24) is 15.1 Å². The van der Waals surface area contributed by atoms with Crippen LogP contribution in [0.3, 0.4) is 0 Å². The lowest BCUT2D eigenvalue weighted by Crippen LogP contribution is -2.55. The summed E-state index contributed by atoms with van der Waals surface area (Å²) in [5, 5.41) is 2.74. The standard InChI is InChI=1S/C12H23N3O2/c1-9(2)11(13-10(3)16)12(17)15-7-5-14(4)6-8-15/h9,11H,5-8H2,1-4H3,(H,13,16). The highest BCUT2D eigenvalue weighted by Crippen LogP contribution is 2.08. The van der Waals surface area contributed by atoms with Gasteiger partial charge < -0.3 is 15.1 Å². The maximum atomic E-state index is 12.3. The molecule has 5 heteroatoms. The number of hydrogen-bond donors (Lipinski definition) is 1. The Morgan fingerprint density at radius 1 is 1.12 bits per heavy atom. The second kappa shape index (κ2) is 6.00. The SMILES string of the molecule is CC(=O)NC(C(=O)N1CCN(C)CC1)C(C)C. The first-order chi connectivity index (χ1) is 7.91. The van der Waals surface area contributed by atoms with Crippen LogP contribution in [0, 0.1) is 5.92 Å². The van der Waals surface area contributed by atoms with Gasteiger partial charge in [-0.15, -0.1) is 0 Å². The first kappa shape index (κ1) is 14.0. The Labute approximate surface area is 103 Å². The van der Waals surface area contributed by atoms with Gasteiger partial charge in [0.1, 0.15) is 6.04 Å². The molecule has 1 atom stereocenters. The average Bonchev–Trinajstić information content (AvgIpc) is 2.25. The Bertz CT molecular complexity index is 283. The van der Waals surface area contributed by atoms with Crippen LogP contribution < -0.4 is 5.32 Å². The zero-order chi connectivity index (χ0) is 13.0. The average molecular weight is 241 g/mol. The van der Waals surface area contributed by atoms with Gasteiger partial charge in [-0.25, -0.2) is 0 Å². The van der Waals surface area contributed by atoms with Crippen LogP contribution >= 0.6 is 0 Å². The van der Waals surface area contributed by atoms with E-state index in [1.54, 1.807) is 0 Å². The van der Waals surface area contributed by atoms with Gasteiger partial charge in [-0.2, -0.15) is 0 Å². The summed E-state index contributed by atoms with van der Waals surface area (Å²) >= 11 is 0. The summed E-state index contributed by atoms with van der Waals surface area (Å²) in [7, 11) is 2.05. The van der Waals surface area contributed by atoms with Gasteiger partial charge in [-0.05, 0) is 13.0 Å². The number of nitrogens with zero attached hydrogens (tertiary/aromatic N) is 2. The lowest BCUT2D eigenvalue weighted by molar-refractivity contribution is -0.138. The highest BCUT2D eigenvalue weighted by atomic mass is 16.2. The van der Waals surface area contributed by atoms with Crippen molar-refractivity contribution in [3.8, 4) is 0 Å². The molecule has 1 unspecified atom stereocenters. The van der Waals surface area contributed by atoms with Crippen molar-refractivity contribution in [1.29, 1.82) is 0 Å². The smallest absolute Gasteiger partial charge is 0.245 e. The molecule has 5 nitrogen and oxygen atoms in total. The summed E-state index contributed by atoms with van der Waals surface area (Å²) in [6.07, 6.45) is 0. The first-order valence-corrected chi connectivity index (χ1v) is 6.16. The predicted molar refractivity (Wildman–Crippen MR) is 66.5 cm³/mol. The fourth-order valence-electron chi connectivity index (χ4n) is 1.96. The Morgan fingerprint density at radius 3 is 2.06 bits per heavy atom. The molecule has 0 saturated carbocycles. The van der Waals surface area contributed by atoms with Crippen molar-refractivity contribution >= 4 is 11.8 Å². The van der Waals surface area contributed by atoms with Crippen LogP contribution in [-0.4, -0.2) is 60.9 Å². The summed E-state index contributed by atoms with van der Waals surface area (Å²) in [6.45, 7) is 8.65. The summed E-state index contributed by atoms with van der Waals surface area (Å²) in [4.78, 5) is 27.4. The van der Waals surface area contributed by atoms with E-state index in [4.69, 9.17) is 0 Å². The Hall–Kier alpha value is -1.10. The summed E-state index contributed by atoms with van der Waals surface area (Å²) in [5.41, 5.74) is 0. The van der Waals surface area contributed by atoms with E-state index in [9.17, 15) is 9.59 Å². The topological polar surface area (TPSA) is 52.7 Å². The Kier molecular flexibility index (Phi) is 4.93. The molecule has 0 aromatic rings. The molecule has 1 aliphatic rings. The number of piperazine rings is 1. The van der Waals surface area contributed by atoms with Gasteiger partial charge in [0.15, 0.2) is 0 Å². The fraction of sp³-hybridized carbons (Fsp3) is 0.833. The molecule has 0 bridgehead atoms. The quantitative estimate of drug-likeness (QED) is 0.752. The maximum Gasteiger partial charge on any atom is 0.245 e. The zero-order valence-corrected chi connectivity index (χ0v) is 11.2. The highest BCUT2D eigenvalue weighted by Gasteiger charge is 2.29. The number of carbonyl (C=O) groups excluding carboxylic acids is 2. The van der Waals surface area contributed by atoms with E-state index in [0.29, 0.717) is 0 Å². The molecule has 17 heavy (non-hydrogen) atoms. The fourth-order valence-corrected chi connectivity index (χ4v) is 1.96. The third kappa shape index (κ3) is 4.00. The van der Waals surface area contributed by atoms with Crippen LogP contribution in [0.25, 0.3) is 0 Å². The molecular formula is C12H23N3O2. The molecule has 0 aromatic heterocycles. The van der Waals surface area contributed by atoms with Crippen LogP contribution in [0.4, 0.5) is 0 Å². The molecule has 0 spiro atoms. The second-order valence-corrected chi connectivity index (χ2v) is 5.05. The molecular weight excluding hydrogens is 218 g/mol. The van der Waals surface area contributed by atoms with E-state index in [1.165, 1.54) is 6.92 Å². The van der Waals surface area contributed by atoms with E-state index in [1.807, 2.05) is 18.7 Å². The van der Waals surface area contributed by atoms with E-state index in [2.05, 4.69) is 17.3 Å². The molecule has 2 amide bonds. The molecule has 1 N–H and O–H groups in total. The van der Waals surface area contributed by atoms with Crippen molar-refractivity contribution in [3.05, 3.63) is 0 Å². The van der Waals surface area contributed by atoms with Crippen LogP contribution in [-0.2, 0) is 9.59 Å². The number of likely N-dealkylation sites (N-methyl/N-ethyl adjacent to an activating group) is 1. The Morgan fingerprint density at radius 2 is 1.65 bits per heavy atom. The molecule has 1 heterocycles. The molecule has 0 radical (unpaired) electrons. The van der Waals surface area contributed by atoms with E-state index < -0.39 is 6.04 Å². The summed E-state index contributed by atoms with van der Waals surface area (Å²) in [5.74, 6) is 0.0144. The minimum absolute atomic E-state index is 0.0447. The molecule has 1 fully saturated rings. The summed E-state index contributed by atoms with van der Waals surface area (Å²) in [6, 6.07) is -0.393. The lowest BCUT2D eigenvalue weighted by atomic mass is 10.0. The van der Waals surface area contributed by atoms with Gasteiger partial charge in [-0.1, -0.05) is 13.8 Å². The monoisotopic (exact) mass is 241 g/mol. The molecule has 0 aromatic carbocycles. The van der Waals surface area contributed by atoms with Crippen molar-refractivity contribution in [2.75, 3.05) is 33.2 Å². The lowest BCUT2D eigenvalue weighted by Gasteiger charge is -2.35. The van der Waals surface area contributed by atoms with E-state index in [0.717, 1.165) is 26.2 Å². The highest BCUT2D eigenvalue weighted by molar-refractivity contribution is 5.87. The van der Waals surface area contributed by atoms with Crippen LogP contribution in [0.5, 0.6) is 0 Å². The number of hydrogen-bond acceptors (Lipinski definition) is 3. The van der Waals surface area contributed by atoms with Crippen LogP contribution in [0.2, 0.25) is 0 Å². The molecule has 1 aliphatic heterocycles.